The number of halogens is 2. The molecular formula is C29H33ClFN3O4S. The molecule has 0 radical (unpaired) electrons. The summed E-state index contributed by atoms with van der Waals surface area (Å²) < 4.78 is 40.8. The van der Waals surface area contributed by atoms with Crippen molar-refractivity contribution in [3.05, 3.63) is 101 Å². The summed E-state index contributed by atoms with van der Waals surface area (Å²) in [6.07, 6.45) is 1.11. The third-order valence-corrected chi connectivity index (χ3v) is 7.40. The largest absolute Gasteiger partial charge is 0.354 e. The summed E-state index contributed by atoms with van der Waals surface area (Å²) in [7, 11) is -4.05. The van der Waals surface area contributed by atoms with Crippen LogP contribution in [0, 0.1) is 11.7 Å². The van der Waals surface area contributed by atoms with Gasteiger partial charge in [0.25, 0.3) is 0 Å². The first-order valence-corrected chi connectivity index (χ1v) is 14.8. The van der Waals surface area contributed by atoms with Crippen molar-refractivity contribution in [3.63, 3.8) is 0 Å². The van der Waals surface area contributed by atoms with Gasteiger partial charge < -0.3 is 10.2 Å². The van der Waals surface area contributed by atoms with Crippen molar-refractivity contribution >= 4 is 39.1 Å². The van der Waals surface area contributed by atoms with Gasteiger partial charge in [-0.1, -0.05) is 80.0 Å². The fraction of sp³-hybridized carbons (Fsp3) is 0.310. The topological polar surface area (TPSA) is 86.8 Å². The van der Waals surface area contributed by atoms with Crippen LogP contribution in [0.5, 0.6) is 0 Å². The SMILES string of the molecule is CC(C)CNC(=O)C(Cc1ccccc1)N(Cc1ccc(Cl)cc1)C(=O)CN(c1ccccc1F)S(C)(=O)=O. The fourth-order valence-corrected chi connectivity index (χ4v) is 4.99. The van der Waals surface area contributed by atoms with E-state index in [1.165, 1.54) is 23.1 Å². The number of rotatable bonds is 12. The predicted octanol–water partition coefficient (Wildman–Crippen LogP) is 4.66. The van der Waals surface area contributed by atoms with Crippen LogP contribution in [0.2, 0.25) is 5.02 Å². The zero-order valence-corrected chi connectivity index (χ0v) is 23.8. The molecule has 2 amide bonds. The van der Waals surface area contributed by atoms with Crippen LogP contribution in [0.4, 0.5) is 10.1 Å². The number of amides is 2. The van der Waals surface area contributed by atoms with Gasteiger partial charge in [-0.2, -0.15) is 0 Å². The fourth-order valence-electron chi connectivity index (χ4n) is 4.01. The standard InChI is InChI=1S/C29H33ClFN3O4S/c1-21(2)18-32-29(36)27(17-22-9-5-4-6-10-22)33(19-23-13-15-24(30)16-14-23)28(35)20-34(39(3,37)38)26-12-8-7-11-25(26)31/h4-16,21,27H,17-20H2,1-3H3,(H,32,36). The summed E-state index contributed by atoms with van der Waals surface area (Å²) in [5.41, 5.74) is 1.27. The van der Waals surface area contributed by atoms with Crippen LogP contribution in [0.25, 0.3) is 0 Å². The summed E-state index contributed by atoms with van der Waals surface area (Å²) in [4.78, 5) is 28.8. The molecule has 0 saturated carbocycles. The van der Waals surface area contributed by atoms with Crippen molar-refractivity contribution in [2.75, 3.05) is 23.7 Å². The minimum absolute atomic E-state index is 0.0114. The Balaban J connectivity index is 2.05. The highest BCUT2D eigenvalue weighted by molar-refractivity contribution is 7.92. The number of anilines is 1. The monoisotopic (exact) mass is 573 g/mol. The van der Waals surface area contributed by atoms with Gasteiger partial charge in [0.15, 0.2) is 0 Å². The van der Waals surface area contributed by atoms with Crippen LogP contribution >= 0.6 is 11.6 Å². The molecule has 1 atom stereocenters. The van der Waals surface area contributed by atoms with E-state index in [0.29, 0.717) is 17.1 Å². The Morgan fingerprint density at radius 3 is 2.13 bits per heavy atom. The molecule has 10 heteroatoms. The number of carbonyl (C=O) groups excluding carboxylic acids is 2. The van der Waals surface area contributed by atoms with Gasteiger partial charge in [0.1, 0.15) is 18.4 Å². The van der Waals surface area contributed by atoms with Gasteiger partial charge in [0.2, 0.25) is 21.8 Å². The molecule has 0 spiro atoms. The number of hydrogen-bond donors (Lipinski definition) is 1. The van der Waals surface area contributed by atoms with E-state index >= 15 is 0 Å². The zero-order chi connectivity index (χ0) is 28.6. The molecule has 0 aromatic heterocycles. The maximum absolute atomic E-state index is 14.6. The molecule has 7 nitrogen and oxygen atoms in total. The predicted molar refractivity (Wildman–Crippen MR) is 152 cm³/mol. The van der Waals surface area contributed by atoms with Crippen LogP contribution in [0.1, 0.15) is 25.0 Å². The molecule has 3 aromatic rings. The molecule has 39 heavy (non-hydrogen) atoms. The number of nitrogens with zero attached hydrogens (tertiary/aromatic N) is 2. The number of benzene rings is 3. The first-order chi connectivity index (χ1) is 18.5. The van der Waals surface area contributed by atoms with Gasteiger partial charge in [0.05, 0.1) is 11.9 Å². The molecule has 3 rings (SSSR count). The second-order valence-electron chi connectivity index (χ2n) is 9.71. The van der Waals surface area contributed by atoms with E-state index in [2.05, 4.69) is 5.32 Å². The number of hydrogen-bond acceptors (Lipinski definition) is 4. The Kier molecular flexibility index (Phi) is 10.5. The molecule has 0 saturated heterocycles. The second kappa shape index (κ2) is 13.6. The lowest BCUT2D eigenvalue weighted by atomic mass is 10.0. The van der Waals surface area contributed by atoms with Crippen molar-refractivity contribution in [3.8, 4) is 0 Å². The van der Waals surface area contributed by atoms with Gasteiger partial charge >= 0.3 is 0 Å². The summed E-state index contributed by atoms with van der Waals surface area (Å²) in [5.74, 6) is -1.63. The van der Waals surface area contributed by atoms with E-state index in [4.69, 9.17) is 11.6 Å². The molecule has 208 valence electrons. The Hall–Kier alpha value is -3.43. The van der Waals surface area contributed by atoms with Crippen molar-refractivity contribution in [1.82, 2.24) is 10.2 Å². The lowest BCUT2D eigenvalue weighted by molar-refractivity contribution is -0.140. The van der Waals surface area contributed by atoms with Crippen LogP contribution in [0.3, 0.4) is 0 Å². The van der Waals surface area contributed by atoms with E-state index in [0.717, 1.165) is 22.2 Å². The lowest BCUT2D eigenvalue weighted by Crippen LogP contribution is -2.53. The van der Waals surface area contributed by atoms with Gasteiger partial charge in [-0.3, -0.25) is 13.9 Å². The molecule has 1 unspecified atom stereocenters. The lowest BCUT2D eigenvalue weighted by Gasteiger charge is -2.33. The Labute approximate surface area is 234 Å². The van der Waals surface area contributed by atoms with Crippen LogP contribution < -0.4 is 9.62 Å². The van der Waals surface area contributed by atoms with Crippen molar-refractivity contribution in [2.45, 2.75) is 32.9 Å². The molecule has 0 fully saturated rings. The van der Waals surface area contributed by atoms with Crippen LogP contribution in [0.15, 0.2) is 78.9 Å². The Morgan fingerprint density at radius 1 is 0.923 bits per heavy atom. The summed E-state index contributed by atoms with van der Waals surface area (Å²) in [5, 5.41) is 3.42. The molecule has 0 bridgehead atoms. The maximum atomic E-state index is 14.6. The molecular weight excluding hydrogens is 541 g/mol. The van der Waals surface area contributed by atoms with E-state index < -0.39 is 34.3 Å². The third-order valence-electron chi connectivity index (χ3n) is 6.02. The van der Waals surface area contributed by atoms with Gasteiger partial charge in [-0.15, -0.1) is 0 Å². The quantitative estimate of drug-likeness (QED) is 0.341. The van der Waals surface area contributed by atoms with Gasteiger partial charge in [-0.05, 0) is 41.3 Å². The maximum Gasteiger partial charge on any atom is 0.244 e. The minimum atomic E-state index is -4.05. The molecule has 0 aliphatic rings. The number of carbonyl (C=O) groups is 2. The van der Waals surface area contributed by atoms with Gasteiger partial charge in [-0.25, -0.2) is 12.8 Å². The van der Waals surface area contributed by atoms with Gasteiger partial charge in [0, 0.05) is 24.5 Å². The van der Waals surface area contributed by atoms with Crippen molar-refractivity contribution < 1.29 is 22.4 Å². The summed E-state index contributed by atoms with van der Waals surface area (Å²) in [6, 6.07) is 20.5. The number of sulfonamides is 1. The third kappa shape index (κ3) is 8.80. The normalized spacial score (nSPS) is 12.2. The Bertz CT molecular complexity index is 1370. The van der Waals surface area contributed by atoms with E-state index in [1.54, 1.807) is 24.3 Å². The first-order valence-electron chi connectivity index (χ1n) is 12.5. The highest BCUT2D eigenvalue weighted by Gasteiger charge is 2.33. The molecule has 0 aliphatic heterocycles. The average Bonchev–Trinajstić information content (AvgIpc) is 2.89. The van der Waals surface area contributed by atoms with E-state index in [1.807, 2.05) is 44.2 Å². The van der Waals surface area contributed by atoms with E-state index in [9.17, 15) is 22.4 Å². The van der Waals surface area contributed by atoms with Crippen molar-refractivity contribution in [1.29, 1.82) is 0 Å². The average molecular weight is 574 g/mol. The molecule has 0 heterocycles. The van der Waals surface area contributed by atoms with Crippen LogP contribution in [-0.2, 0) is 32.6 Å². The Morgan fingerprint density at radius 2 is 1.54 bits per heavy atom. The minimum Gasteiger partial charge on any atom is -0.354 e. The molecule has 1 N–H and O–H groups in total. The molecule has 0 aliphatic carbocycles. The smallest absolute Gasteiger partial charge is 0.244 e. The van der Waals surface area contributed by atoms with Crippen LogP contribution in [-0.4, -0.2) is 50.5 Å². The first kappa shape index (κ1) is 30.1. The zero-order valence-electron chi connectivity index (χ0n) is 22.2. The highest BCUT2D eigenvalue weighted by atomic mass is 35.5. The van der Waals surface area contributed by atoms with Crippen molar-refractivity contribution in [2.24, 2.45) is 5.92 Å². The number of nitrogens with one attached hydrogen (secondary N) is 1. The van der Waals surface area contributed by atoms with E-state index in [-0.39, 0.29) is 30.5 Å². The second-order valence-corrected chi connectivity index (χ2v) is 12.1. The highest BCUT2D eigenvalue weighted by Crippen LogP contribution is 2.23. The molecule has 3 aromatic carbocycles. The summed E-state index contributed by atoms with van der Waals surface area (Å²) in [6.45, 7) is 3.65. The number of para-hydroxylation sites is 1. The summed E-state index contributed by atoms with van der Waals surface area (Å²) >= 11 is 6.05.